The Morgan fingerprint density at radius 2 is 1.93 bits per heavy atom. The van der Waals surface area contributed by atoms with Gasteiger partial charge in [0, 0.05) is 23.6 Å². The molecule has 2 aromatic heterocycles. The van der Waals surface area contributed by atoms with E-state index in [9.17, 15) is 9.59 Å². The van der Waals surface area contributed by atoms with Gasteiger partial charge in [0.1, 0.15) is 5.76 Å². The quantitative estimate of drug-likeness (QED) is 0.531. The lowest BCUT2D eigenvalue weighted by molar-refractivity contribution is -0.121. The molecular formula is C23H23N3O4. The smallest absolute Gasteiger partial charge is 0.340 e. The van der Waals surface area contributed by atoms with Gasteiger partial charge in [-0.2, -0.15) is 5.26 Å². The fraction of sp³-hybridized carbons (Fsp3) is 0.261. The van der Waals surface area contributed by atoms with Gasteiger partial charge in [0.15, 0.2) is 6.61 Å². The lowest BCUT2D eigenvalue weighted by atomic mass is 10.2. The van der Waals surface area contributed by atoms with E-state index in [0.29, 0.717) is 17.8 Å². The predicted octanol–water partition coefficient (Wildman–Crippen LogP) is 3.85. The number of rotatable bonds is 8. The van der Waals surface area contributed by atoms with E-state index in [1.807, 2.05) is 54.8 Å². The van der Waals surface area contributed by atoms with Crippen molar-refractivity contribution in [1.29, 1.82) is 5.26 Å². The highest BCUT2D eigenvalue weighted by molar-refractivity contribution is 5.97. The number of ether oxygens (including phenoxy) is 1. The highest BCUT2D eigenvalue weighted by Crippen LogP contribution is 2.19. The third-order valence-electron chi connectivity index (χ3n) is 4.83. The molecule has 0 saturated heterocycles. The Kier molecular flexibility index (Phi) is 6.71. The molecule has 0 fully saturated rings. The van der Waals surface area contributed by atoms with Crippen LogP contribution in [-0.4, -0.2) is 29.6 Å². The second-order valence-electron chi connectivity index (χ2n) is 6.82. The zero-order valence-electron chi connectivity index (χ0n) is 17.0. The van der Waals surface area contributed by atoms with Gasteiger partial charge < -0.3 is 18.6 Å². The number of benzene rings is 1. The molecule has 3 rings (SSSR count). The summed E-state index contributed by atoms with van der Waals surface area (Å²) in [6.45, 7) is 4.07. The van der Waals surface area contributed by atoms with E-state index in [-0.39, 0.29) is 18.9 Å². The number of carbonyl (C=O) groups excluding carboxylic acids is 2. The van der Waals surface area contributed by atoms with Gasteiger partial charge in [0.25, 0.3) is 5.91 Å². The summed E-state index contributed by atoms with van der Waals surface area (Å²) in [7, 11) is 0. The fourth-order valence-corrected chi connectivity index (χ4v) is 3.26. The number of hydrogen-bond donors (Lipinski definition) is 0. The first-order chi connectivity index (χ1) is 14.5. The standard InChI is InChI=1S/C23H23N3O4/c1-17-14-21(18(2)26(17)15-20-10-6-13-29-20)23(28)30-16-22(27)25(12-7-11-24)19-8-4-3-5-9-19/h3-6,8-10,13-14H,7,12,15-16H2,1-2H3. The van der Waals surface area contributed by atoms with Crippen LogP contribution < -0.4 is 4.90 Å². The molecule has 0 N–H and O–H groups in total. The molecule has 0 atom stereocenters. The first-order valence-electron chi connectivity index (χ1n) is 9.60. The van der Waals surface area contributed by atoms with E-state index < -0.39 is 12.6 Å². The van der Waals surface area contributed by atoms with Gasteiger partial charge in [0.2, 0.25) is 0 Å². The van der Waals surface area contributed by atoms with Crippen molar-refractivity contribution in [3.63, 3.8) is 0 Å². The van der Waals surface area contributed by atoms with Gasteiger partial charge in [-0.05, 0) is 44.2 Å². The van der Waals surface area contributed by atoms with Gasteiger partial charge in [-0.15, -0.1) is 0 Å². The Balaban J connectivity index is 1.68. The summed E-state index contributed by atoms with van der Waals surface area (Å²) in [6, 6.07) is 16.5. The van der Waals surface area contributed by atoms with Crippen LogP contribution >= 0.6 is 0 Å². The summed E-state index contributed by atoms with van der Waals surface area (Å²) in [4.78, 5) is 26.8. The first kappa shape index (κ1) is 20.9. The molecule has 1 amide bonds. The van der Waals surface area contributed by atoms with Gasteiger partial charge in [-0.1, -0.05) is 18.2 Å². The highest BCUT2D eigenvalue weighted by Gasteiger charge is 2.21. The van der Waals surface area contributed by atoms with Crippen molar-refractivity contribution in [1.82, 2.24) is 4.57 Å². The van der Waals surface area contributed by atoms with Crippen LogP contribution in [0.1, 0.15) is 33.9 Å². The van der Waals surface area contributed by atoms with E-state index in [1.54, 1.807) is 24.5 Å². The third-order valence-corrected chi connectivity index (χ3v) is 4.83. The number of esters is 1. The molecule has 1 aromatic carbocycles. The third kappa shape index (κ3) is 4.78. The normalized spacial score (nSPS) is 10.4. The van der Waals surface area contributed by atoms with Crippen LogP contribution in [0.4, 0.5) is 5.69 Å². The molecule has 0 saturated carbocycles. The van der Waals surface area contributed by atoms with Crippen LogP contribution in [0.3, 0.4) is 0 Å². The van der Waals surface area contributed by atoms with Crippen LogP contribution in [0.25, 0.3) is 0 Å². The zero-order valence-corrected chi connectivity index (χ0v) is 17.0. The van der Waals surface area contributed by atoms with Crippen molar-refractivity contribution in [3.8, 4) is 6.07 Å². The Labute approximate surface area is 175 Å². The second kappa shape index (κ2) is 9.61. The number of anilines is 1. The molecule has 30 heavy (non-hydrogen) atoms. The average Bonchev–Trinajstić information content (AvgIpc) is 3.37. The molecule has 0 aliphatic heterocycles. The number of aromatic nitrogens is 1. The van der Waals surface area contributed by atoms with Crippen molar-refractivity contribution in [2.45, 2.75) is 26.8 Å². The number of amides is 1. The lowest BCUT2D eigenvalue weighted by Gasteiger charge is -2.21. The molecule has 3 aromatic rings. The first-order valence-corrected chi connectivity index (χ1v) is 9.60. The average molecular weight is 405 g/mol. The molecule has 154 valence electrons. The number of nitriles is 1. The summed E-state index contributed by atoms with van der Waals surface area (Å²) >= 11 is 0. The maximum Gasteiger partial charge on any atom is 0.340 e. The molecule has 0 aliphatic rings. The Hall–Kier alpha value is -3.79. The molecule has 0 spiro atoms. The van der Waals surface area contributed by atoms with Crippen LogP contribution in [0, 0.1) is 25.2 Å². The largest absolute Gasteiger partial charge is 0.467 e. The van der Waals surface area contributed by atoms with E-state index >= 15 is 0 Å². The minimum Gasteiger partial charge on any atom is -0.467 e. The lowest BCUT2D eigenvalue weighted by Crippen LogP contribution is -2.35. The maximum absolute atomic E-state index is 12.7. The van der Waals surface area contributed by atoms with Crippen LogP contribution in [0.5, 0.6) is 0 Å². The fourth-order valence-electron chi connectivity index (χ4n) is 3.26. The summed E-state index contributed by atoms with van der Waals surface area (Å²) in [6.07, 6.45) is 1.79. The summed E-state index contributed by atoms with van der Waals surface area (Å²) < 4.78 is 12.7. The zero-order chi connectivity index (χ0) is 21.5. The van der Waals surface area contributed by atoms with Crippen LogP contribution in [-0.2, 0) is 16.1 Å². The van der Waals surface area contributed by atoms with Gasteiger partial charge >= 0.3 is 5.97 Å². The number of nitrogens with zero attached hydrogens (tertiary/aromatic N) is 3. The molecule has 2 heterocycles. The van der Waals surface area contributed by atoms with Crippen LogP contribution in [0.15, 0.2) is 59.2 Å². The monoisotopic (exact) mass is 405 g/mol. The van der Waals surface area contributed by atoms with Gasteiger partial charge in [-0.25, -0.2) is 4.79 Å². The second-order valence-corrected chi connectivity index (χ2v) is 6.82. The molecule has 0 aliphatic carbocycles. The van der Waals surface area contributed by atoms with E-state index in [4.69, 9.17) is 14.4 Å². The number of hydrogen-bond acceptors (Lipinski definition) is 5. The molecule has 7 nitrogen and oxygen atoms in total. The molecule has 7 heteroatoms. The summed E-state index contributed by atoms with van der Waals surface area (Å²) in [5.41, 5.74) is 2.70. The number of para-hydroxylation sites is 1. The van der Waals surface area contributed by atoms with Gasteiger partial charge in [0.05, 0.1) is 30.9 Å². The molecule has 0 radical (unpaired) electrons. The maximum atomic E-state index is 12.7. The van der Waals surface area contributed by atoms with Crippen molar-refractivity contribution >= 4 is 17.6 Å². The van der Waals surface area contributed by atoms with Gasteiger partial charge in [-0.3, -0.25) is 4.79 Å². The number of carbonyl (C=O) groups is 2. The topological polar surface area (TPSA) is 88.5 Å². The molecule has 0 unspecified atom stereocenters. The van der Waals surface area contributed by atoms with Crippen molar-refractivity contribution in [3.05, 3.63) is 77.5 Å². The highest BCUT2D eigenvalue weighted by atomic mass is 16.5. The van der Waals surface area contributed by atoms with Crippen LogP contribution in [0.2, 0.25) is 0 Å². The van der Waals surface area contributed by atoms with Crippen molar-refractivity contribution in [2.75, 3.05) is 18.1 Å². The SMILES string of the molecule is Cc1cc(C(=O)OCC(=O)N(CCC#N)c2ccccc2)c(C)n1Cc1ccco1. The van der Waals surface area contributed by atoms with E-state index in [0.717, 1.165) is 17.1 Å². The minimum absolute atomic E-state index is 0.183. The van der Waals surface area contributed by atoms with E-state index in [2.05, 4.69) is 0 Å². The van der Waals surface area contributed by atoms with Crippen molar-refractivity contribution < 1.29 is 18.7 Å². The number of furan rings is 1. The summed E-state index contributed by atoms with van der Waals surface area (Å²) in [5.74, 6) is -0.160. The predicted molar refractivity (Wildman–Crippen MR) is 111 cm³/mol. The Bertz CT molecular complexity index is 1050. The summed E-state index contributed by atoms with van der Waals surface area (Å²) in [5, 5.41) is 8.88. The Morgan fingerprint density at radius 3 is 2.60 bits per heavy atom. The Morgan fingerprint density at radius 1 is 1.17 bits per heavy atom. The van der Waals surface area contributed by atoms with Crippen molar-refractivity contribution in [2.24, 2.45) is 0 Å². The molecule has 0 bridgehead atoms. The number of aryl methyl sites for hydroxylation is 1. The molecular weight excluding hydrogens is 382 g/mol. The minimum atomic E-state index is -0.560. The van der Waals surface area contributed by atoms with E-state index in [1.165, 1.54) is 4.90 Å².